The van der Waals surface area contributed by atoms with Gasteiger partial charge in [-0.1, -0.05) is 18.2 Å². The number of carbonyl (C=O) groups excluding carboxylic acids is 1. The third-order valence-corrected chi connectivity index (χ3v) is 3.52. The SMILES string of the molecule is O=C([O-])/C=C/c1cc(F)ccc1Cc1ccc2[nH]ccc2c1. The number of hydrogen-bond donors (Lipinski definition) is 1. The summed E-state index contributed by atoms with van der Waals surface area (Å²) in [6.07, 6.45) is 4.74. The lowest BCUT2D eigenvalue weighted by molar-refractivity contribution is -0.297. The van der Waals surface area contributed by atoms with Crippen molar-refractivity contribution in [3.05, 3.63) is 77.2 Å². The maximum atomic E-state index is 13.4. The number of rotatable bonds is 4. The van der Waals surface area contributed by atoms with Crippen LogP contribution in [0.5, 0.6) is 0 Å². The van der Waals surface area contributed by atoms with E-state index in [0.717, 1.165) is 28.1 Å². The molecule has 0 bridgehead atoms. The molecule has 0 aliphatic carbocycles. The van der Waals surface area contributed by atoms with E-state index in [1.54, 1.807) is 6.07 Å². The lowest BCUT2D eigenvalue weighted by Gasteiger charge is -2.07. The van der Waals surface area contributed by atoms with Crippen LogP contribution in [0.1, 0.15) is 16.7 Å². The molecule has 3 aromatic rings. The second-order valence-electron chi connectivity index (χ2n) is 5.07. The van der Waals surface area contributed by atoms with E-state index in [4.69, 9.17) is 0 Å². The van der Waals surface area contributed by atoms with E-state index in [-0.39, 0.29) is 0 Å². The Balaban J connectivity index is 1.95. The van der Waals surface area contributed by atoms with Crippen molar-refractivity contribution in [2.75, 3.05) is 0 Å². The van der Waals surface area contributed by atoms with Gasteiger partial charge in [0, 0.05) is 11.7 Å². The van der Waals surface area contributed by atoms with E-state index in [2.05, 4.69) is 11.1 Å². The molecule has 0 amide bonds. The molecule has 3 rings (SSSR count). The van der Waals surface area contributed by atoms with Crippen LogP contribution in [-0.2, 0) is 11.2 Å². The summed E-state index contributed by atoms with van der Waals surface area (Å²) in [5.74, 6) is -1.70. The molecule has 4 heteroatoms. The van der Waals surface area contributed by atoms with E-state index in [9.17, 15) is 14.3 Å². The Morgan fingerprint density at radius 1 is 1.18 bits per heavy atom. The molecule has 110 valence electrons. The largest absolute Gasteiger partial charge is 0.545 e. The van der Waals surface area contributed by atoms with Crippen molar-refractivity contribution in [1.29, 1.82) is 0 Å². The highest BCUT2D eigenvalue weighted by Crippen LogP contribution is 2.20. The fourth-order valence-electron chi connectivity index (χ4n) is 2.47. The van der Waals surface area contributed by atoms with Crippen LogP contribution in [0.2, 0.25) is 0 Å². The standard InChI is InChI=1S/C18H14FNO2/c19-16-4-2-13(14(11-16)3-6-18(21)22)9-12-1-5-17-15(10-12)7-8-20-17/h1-8,10-11,20H,9H2,(H,21,22)/p-1/b6-3+. The number of carbonyl (C=O) groups is 1. The van der Waals surface area contributed by atoms with E-state index in [1.807, 2.05) is 24.4 Å². The first-order valence-electron chi connectivity index (χ1n) is 6.85. The molecule has 0 aliphatic heterocycles. The summed E-state index contributed by atoms with van der Waals surface area (Å²) in [6, 6.07) is 12.4. The van der Waals surface area contributed by atoms with E-state index < -0.39 is 11.8 Å². The van der Waals surface area contributed by atoms with Gasteiger partial charge in [0.25, 0.3) is 0 Å². The summed E-state index contributed by atoms with van der Waals surface area (Å²) < 4.78 is 13.4. The van der Waals surface area contributed by atoms with Gasteiger partial charge in [-0.3, -0.25) is 0 Å². The molecule has 1 heterocycles. The molecule has 0 saturated carbocycles. The zero-order valence-electron chi connectivity index (χ0n) is 11.7. The summed E-state index contributed by atoms with van der Waals surface area (Å²) in [6.45, 7) is 0. The lowest BCUT2D eigenvalue weighted by Crippen LogP contribution is -2.18. The molecule has 1 aromatic heterocycles. The summed E-state index contributed by atoms with van der Waals surface area (Å²) in [4.78, 5) is 13.7. The highest BCUT2D eigenvalue weighted by Gasteiger charge is 2.05. The van der Waals surface area contributed by atoms with Gasteiger partial charge in [-0.2, -0.15) is 0 Å². The van der Waals surface area contributed by atoms with Crippen molar-refractivity contribution >= 4 is 22.9 Å². The number of carboxylic acids is 1. The van der Waals surface area contributed by atoms with Crippen molar-refractivity contribution < 1.29 is 14.3 Å². The third kappa shape index (κ3) is 3.06. The smallest absolute Gasteiger partial charge is 0.123 e. The van der Waals surface area contributed by atoms with Crippen molar-refractivity contribution in [3.8, 4) is 0 Å². The summed E-state index contributed by atoms with van der Waals surface area (Å²) >= 11 is 0. The Hall–Kier alpha value is -2.88. The first-order valence-corrected chi connectivity index (χ1v) is 6.85. The molecule has 1 N–H and O–H groups in total. The maximum absolute atomic E-state index is 13.4. The summed E-state index contributed by atoms with van der Waals surface area (Å²) in [5, 5.41) is 11.7. The zero-order chi connectivity index (χ0) is 15.5. The Labute approximate surface area is 126 Å². The van der Waals surface area contributed by atoms with Crippen LogP contribution in [0.3, 0.4) is 0 Å². The average molecular weight is 294 g/mol. The molecule has 0 spiro atoms. The second kappa shape index (κ2) is 5.85. The van der Waals surface area contributed by atoms with Gasteiger partial charge in [-0.15, -0.1) is 0 Å². The number of benzene rings is 2. The van der Waals surface area contributed by atoms with Gasteiger partial charge in [0.05, 0.1) is 5.97 Å². The molecule has 2 aromatic carbocycles. The molecule has 0 atom stereocenters. The van der Waals surface area contributed by atoms with Crippen LogP contribution in [0.15, 0.2) is 54.7 Å². The molecule has 22 heavy (non-hydrogen) atoms. The Kier molecular flexibility index (Phi) is 3.74. The molecular formula is C18H13FNO2-. The van der Waals surface area contributed by atoms with E-state index >= 15 is 0 Å². The number of H-pyrrole nitrogens is 1. The molecule has 0 radical (unpaired) electrons. The number of nitrogens with one attached hydrogen (secondary N) is 1. The number of hydrogen-bond acceptors (Lipinski definition) is 2. The van der Waals surface area contributed by atoms with Gasteiger partial charge in [-0.25, -0.2) is 4.39 Å². The molecule has 3 nitrogen and oxygen atoms in total. The average Bonchev–Trinajstić information content (AvgIpc) is 2.95. The van der Waals surface area contributed by atoms with Crippen molar-refractivity contribution in [2.24, 2.45) is 0 Å². The fourth-order valence-corrected chi connectivity index (χ4v) is 2.47. The van der Waals surface area contributed by atoms with Gasteiger partial charge in [0.2, 0.25) is 0 Å². The van der Waals surface area contributed by atoms with E-state index in [1.165, 1.54) is 18.2 Å². The highest BCUT2D eigenvalue weighted by atomic mass is 19.1. The van der Waals surface area contributed by atoms with Gasteiger partial charge >= 0.3 is 0 Å². The first-order chi connectivity index (χ1) is 10.6. The summed E-state index contributed by atoms with van der Waals surface area (Å²) in [5.41, 5.74) is 3.52. The topological polar surface area (TPSA) is 55.9 Å². The van der Waals surface area contributed by atoms with Gasteiger partial charge in [0.1, 0.15) is 5.82 Å². The predicted octanol–water partition coefficient (Wildman–Crippen LogP) is 2.66. The fraction of sp³-hybridized carbons (Fsp3) is 0.0556. The number of fused-ring (bicyclic) bond motifs is 1. The number of aromatic nitrogens is 1. The van der Waals surface area contributed by atoms with Crippen LogP contribution in [0.4, 0.5) is 4.39 Å². The Morgan fingerprint density at radius 2 is 2.05 bits per heavy atom. The van der Waals surface area contributed by atoms with Crippen LogP contribution < -0.4 is 5.11 Å². The van der Waals surface area contributed by atoms with Gasteiger partial charge < -0.3 is 14.9 Å². The number of aromatic amines is 1. The lowest BCUT2D eigenvalue weighted by atomic mass is 9.98. The van der Waals surface area contributed by atoms with Crippen LogP contribution >= 0.6 is 0 Å². The molecule has 0 aliphatic rings. The Bertz CT molecular complexity index is 864. The van der Waals surface area contributed by atoms with Crippen LogP contribution in [0, 0.1) is 5.82 Å². The maximum Gasteiger partial charge on any atom is 0.123 e. The molecule has 0 fully saturated rings. The van der Waals surface area contributed by atoms with Crippen molar-refractivity contribution in [3.63, 3.8) is 0 Å². The van der Waals surface area contributed by atoms with Crippen molar-refractivity contribution in [1.82, 2.24) is 4.98 Å². The second-order valence-corrected chi connectivity index (χ2v) is 5.07. The Morgan fingerprint density at radius 3 is 2.86 bits per heavy atom. The minimum Gasteiger partial charge on any atom is -0.545 e. The third-order valence-electron chi connectivity index (χ3n) is 3.52. The van der Waals surface area contributed by atoms with Crippen LogP contribution in [-0.4, -0.2) is 11.0 Å². The monoisotopic (exact) mass is 294 g/mol. The first kappa shape index (κ1) is 14.1. The van der Waals surface area contributed by atoms with Crippen LogP contribution in [0.25, 0.3) is 17.0 Å². The summed E-state index contributed by atoms with van der Waals surface area (Å²) in [7, 11) is 0. The number of halogens is 1. The minimum atomic E-state index is -1.30. The minimum absolute atomic E-state index is 0.400. The quantitative estimate of drug-likeness (QED) is 0.752. The predicted molar refractivity (Wildman–Crippen MR) is 81.5 cm³/mol. The van der Waals surface area contributed by atoms with Gasteiger partial charge in [0.15, 0.2) is 0 Å². The molecule has 0 saturated heterocycles. The number of carboxylic acid groups (broad SMARTS) is 1. The van der Waals surface area contributed by atoms with Gasteiger partial charge in [-0.05, 0) is 64.9 Å². The van der Waals surface area contributed by atoms with Crippen molar-refractivity contribution in [2.45, 2.75) is 6.42 Å². The van der Waals surface area contributed by atoms with E-state index in [0.29, 0.717) is 12.0 Å². The number of aliphatic carboxylic acids is 1. The zero-order valence-corrected chi connectivity index (χ0v) is 11.7. The highest BCUT2D eigenvalue weighted by molar-refractivity contribution is 5.84. The molecular weight excluding hydrogens is 281 g/mol. The normalized spacial score (nSPS) is 11.3. The molecule has 0 unspecified atom stereocenters.